The van der Waals surface area contributed by atoms with Gasteiger partial charge in [0.2, 0.25) is 5.91 Å². The summed E-state index contributed by atoms with van der Waals surface area (Å²) in [5, 5.41) is 14.8. The number of carbonyl (C=O) groups excluding carboxylic acids is 1. The lowest BCUT2D eigenvalue weighted by atomic mass is 9.72. The molecule has 2 aromatic rings. The first-order chi connectivity index (χ1) is 17.6. The number of nitrogens with one attached hydrogen (secondary N) is 1. The molecule has 1 saturated heterocycles. The Labute approximate surface area is 225 Å². The van der Waals surface area contributed by atoms with Crippen molar-refractivity contribution in [1.82, 2.24) is 10.2 Å². The molecule has 4 unspecified atom stereocenters. The lowest BCUT2D eigenvalue weighted by Gasteiger charge is -2.36. The molecule has 7 heteroatoms. The molecule has 2 N–H and O–H groups in total. The van der Waals surface area contributed by atoms with Gasteiger partial charge in [-0.2, -0.15) is 0 Å². The predicted octanol–water partition coefficient (Wildman–Crippen LogP) is 6.09. The zero-order chi connectivity index (χ0) is 26.7. The molecule has 0 radical (unpaired) electrons. The van der Waals surface area contributed by atoms with E-state index in [1.54, 1.807) is 12.0 Å². The standard InChI is InChI=1S/C30H39ClN2O4/c1-30(2,3)24-25(32-18-21-22(31)16-11-17-23(21)37-4)26(19-12-7-5-8-13-19)33(27(24)29(35)36)28(34)20-14-9-6-10-15-20/h5,7-8,11-13,16-17,20,24-27,32H,6,9-10,14-15,18H2,1-4H3,(H,35,36). The second-order valence-corrected chi connectivity index (χ2v) is 11.8. The fourth-order valence-electron chi connectivity index (χ4n) is 6.41. The third-order valence-corrected chi connectivity index (χ3v) is 8.43. The van der Waals surface area contributed by atoms with Crippen molar-refractivity contribution < 1.29 is 19.4 Å². The van der Waals surface area contributed by atoms with Gasteiger partial charge in [-0.05, 0) is 36.0 Å². The zero-order valence-electron chi connectivity index (χ0n) is 22.2. The summed E-state index contributed by atoms with van der Waals surface area (Å²) in [6.45, 7) is 6.58. The molecule has 1 saturated carbocycles. The van der Waals surface area contributed by atoms with Gasteiger partial charge in [-0.15, -0.1) is 0 Å². The van der Waals surface area contributed by atoms with Gasteiger partial charge in [0, 0.05) is 35.0 Å². The van der Waals surface area contributed by atoms with Crippen molar-refractivity contribution in [2.24, 2.45) is 17.3 Å². The minimum Gasteiger partial charge on any atom is -0.496 e. The Morgan fingerprint density at radius 2 is 1.73 bits per heavy atom. The highest BCUT2D eigenvalue weighted by Gasteiger charge is 2.58. The molecule has 4 atom stereocenters. The maximum atomic E-state index is 14.1. The van der Waals surface area contributed by atoms with Crippen LogP contribution in [0.25, 0.3) is 0 Å². The summed E-state index contributed by atoms with van der Waals surface area (Å²) in [6, 6.07) is 13.7. The first-order valence-corrected chi connectivity index (χ1v) is 13.7. The second-order valence-electron chi connectivity index (χ2n) is 11.4. The number of amides is 1. The second kappa shape index (κ2) is 11.4. The van der Waals surface area contributed by atoms with Crippen molar-refractivity contribution in [2.75, 3.05) is 7.11 Å². The Hall–Kier alpha value is -2.57. The summed E-state index contributed by atoms with van der Waals surface area (Å²) in [6.07, 6.45) is 4.78. The molecule has 1 heterocycles. The normalized spacial score (nSPS) is 24.7. The van der Waals surface area contributed by atoms with Gasteiger partial charge in [0.15, 0.2) is 0 Å². The number of methoxy groups -OCH3 is 1. The molecule has 37 heavy (non-hydrogen) atoms. The summed E-state index contributed by atoms with van der Waals surface area (Å²) in [4.78, 5) is 28.8. The summed E-state index contributed by atoms with van der Waals surface area (Å²) >= 11 is 6.55. The monoisotopic (exact) mass is 526 g/mol. The molecule has 6 nitrogen and oxygen atoms in total. The van der Waals surface area contributed by atoms with Gasteiger partial charge < -0.3 is 20.1 Å². The number of halogens is 1. The van der Waals surface area contributed by atoms with E-state index in [4.69, 9.17) is 16.3 Å². The molecular formula is C30H39ClN2O4. The van der Waals surface area contributed by atoms with E-state index in [1.807, 2.05) is 48.5 Å². The molecule has 2 aliphatic rings. The quantitative estimate of drug-likeness (QED) is 0.456. The molecular weight excluding hydrogens is 488 g/mol. The van der Waals surface area contributed by atoms with Gasteiger partial charge in [-0.25, -0.2) is 4.79 Å². The van der Waals surface area contributed by atoms with Crippen LogP contribution in [0.2, 0.25) is 5.02 Å². The number of benzene rings is 2. The SMILES string of the molecule is COc1cccc(Cl)c1CNC1C(c2ccccc2)N(C(=O)C2CCCCC2)C(C(=O)O)C1C(C)(C)C. The maximum absolute atomic E-state index is 14.1. The van der Waals surface area contributed by atoms with Gasteiger partial charge in [0.25, 0.3) is 0 Å². The number of carboxylic acid groups (broad SMARTS) is 1. The fourth-order valence-corrected chi connectivity index (χ4v) is 6.64. The maximum Gasteiger partial charge on any atom is 0.326 e. The van der Waals surface area contributed by atoms with E-state index in [9.17, 15) is 14.7 Å². The van der Waals surface area contributed by atoms with Gasteiger partial charge in [-0.1, -0.05) is 88.0 Å². The van der Waals surface area contributed by atoms with E-state index in [1.165, 1.54) is 0 Å². The van der Waals surface area contributed by atoms with Crippen LogP contribution in [0.1, 0.15) is 70.0 Å². The molecule has 1 aliphatic carbocycles. The van der Waals surface area contributed by atoms with Crippen LogP contribution in [0.3, 0.4) is 0 Å². The molecule has 4 rings (SSSR count). The van der Waals surface area contributed by atoms with Gasteiger partial charge in [-0.3, -0.25) is 4.79 Å². The summed E-state index contributed by atoms with van der Waals surface area (Å²) in [5.41, 5.74) is 1.36. The fraction of sp³-hybridized carbons (Fsp3) is 0.533. The Morgan fingerprint density at radius 3 is 2.32 bits per heavy atom. The molecule has 2 fully saturated rings. The van der Waals surface area contributed by atoms with Gasteiger partial charge >= 0.3 is 5.97 Å². The van der Waals surface area contributed by atoms with Crippen molar-refractivity contribution in [1.29, 1.82) is 0 Å². The first kappa shape index (κ1) is 27.5. The smallest absolute Gasteiger partial charge is 0.326 e. The lowest BCUT2D eigenvalue weighted by Crippen LogP contribution is -2.49. The van der Waals surface area contributed by atoms with E-state index < -0.39 is 18.1 Å². The highest BCUT2D eigenvalue weighted by atomic mass is 35.5. The van der Waals surface area contributed by atoms with Crippen LogP contribution in [0.4, 0.5) is 0 Å². The van der Waals surface area contributed by atoms with Crippen molar-refractivity contribution >= 4 is 23.5 Å². The van der Waals surface area contributed by atoms with Crippen LogP contribution in [-0.2, 0) is 16.1 Å². The molecule has 200 valence electrons. The molecule has 0 aromatic heterocycles. The van der Waals surface area contributed by atoms with E-state index in [-0.39, 0.29) is 29.2 Å². The Morgan fingerprint density at radius 1 is 1.05 bits per heavy atom. The number of hydrogen-bond donors (Lipinski definition) is 2. The van der Waals surface area contributed by atoms with E-state index >= 15 is 0 Å². The van der Waals surface area contributed by atoms with Crippen LogP contribution < -0.4 is 10.1 Å². The van der Waals surface area contributed by atoms with Crippen LogP contribution in [0.15, 0.2) is 48.5 Å². The molecule has 2 aromatic carbocycles. The van der Waals surface area contributed by atoms with Crippen LogP contribution in [0, 0.1) is 17.3 Å². The number of likely N-dealkylation sites (tertiary alicyclic amines) is 1. The molecule has 0 spiro atoms. The minimum absolute atomic E-state index is 0.0326. The average Bonchev–Trinajstić information content (AvgIpc) is 3.24. The third-order valence-electron chi connectivity index (χ3n) is 8.08. The number of carboxylic acids is 1. The molecule has 1 aliphatic heterocycles. The lowest BCUT2D eigenvalue weighted by molar-refractivity contribution is -0.154. The summed E-state index contributed by atoms with van der Waals surface area (Å²) < 4.78 is 5.56. The van der Waals surface area contributed by atoms with Crippen molar-refractivity contribution in [3.63, 3.8) is 0 Å². The number of rotatable bonds is 7. The Bertz CT molecular complexity index is 1090. The number of hydrogen-bond acceptors (Lipinski definition) is 4. The van der Waals surface area contributed by atoms with E-state index in [2.05, 4.69) is 26.1 Å². The molecule has 1 amide bonds. The van der Waals surface area contributed by atoms with Gasteiger partial charge in [0.05, 0.1) is 13.2 Å². The van der Waals surface area contributed by atoms with Crippen molar-refractivity contribution in [3.05, 3.63) is 64.7 Å². The summed E-state index contributed by atoms with van der Waals surface area (Å²) in [7, 11) is 1.61. The number of ether oxygens (including phenoxy) is 1. The third kappa shape index (κ3) is 5.65. The highest BCUT2D eigenvalue weighted by molar-refractivity contribution is 6.31. The van der Waals surface area contributed by atoms with Crippen LogP contribution in [-0.4, -0.2) is 41.1 Å². The van der Waals surface area contributed by atoms with Crippen LogP contribution >= 0.6 is 11.6 Å². The van der Waals surface area contributed by atoms with E-state index in [0.717, 1.165) is 43.2 Å². The Kier molecular flexibility index (Phi) is 8.49. The number of carbonyl (C=O) groups is 2. The molecule has 0 bridgehead atoms. The van der Waals surface area contributed by atoms with Gasteiger partial charge in [0.1, 0.15) is 11.8 Å². The largest absolute Gasteiger partial charge is 0.496 e. The average molecular weight is 527 g/mol. The Balaban J connectivity index is 1.81. The highest BCUT2D eigenvalue weighted by Crippen LogP contribution is 2.49. The predicted molar refractivity (Wildman–Crippen MR) is 146 cm³/mol. The minimum atomic E-state index is -0.954. The van der Waals surface area contributed by atoms with Crippen molar-refractivity contribution in [2.45, 2.75) is 77.5 Å². The zero-order valence-corrected chi connectivity index (χ0v) is 23.0. The van der Waals surface area contributed by atoms with Crippen molar-refractivity contribution in [3.8, 4) is 5.75 Å². The van der Waals surface area contributed by atoms with E-state index in [0.29, 0.717) is 17.3 Å². The number of aliphatic carboxylic acids is 1. The summed E-state index contributed by atoms with van der Waals surface area (Å²) in [5.74, 6) is -0.785. The first-order valence-electron chi connectivity index (χ1n) is 13.3. The number of nitrogens with zero attached hydrogens (tertiary/aromatic N) is 1. The van der Waals surface area contributed by atoms with Crippen LogP contribution in [0.5, 0.6) is 5.75 Å². The topological polar surface area (TPSA) is 78.9 Å².